The molecule has 0 radical (unpaired) electrons. The number of hydrogen-bond acceptors (Lipinski definition) is 0. The van der Waals surface area contributed by atoms with E-state index in [1.807, 2.05) is 6.07 Å². The Labute approximate surface area is 167 Å². The Morgan fingerprint density at radius 1 is 0.893 bits per heavy atom. The third kappa shape index (κ3) is 4.37. The molecule has 0 nitrogen and oxygen atoms in total. The standard InChI is InChI=1S/C26H30F2/c1-2-18-3-5-19(6-4-18)7-8-20-9-10-22-16-25(26(28)17-23(22)15-20)21-11-13-24(27)14-12-21/h9,11-14,16-19H,2-8,10,15H2,1H3. The van der Waals surface area contributed by atoms with Crippen LogP contribution in [0.2, 0.25) is 0 Å². The fourth-order valence-corrected chi connectivity index (χ4v) is 4.94. The molecule has 4 rings (SSSR count). The fourth-order valence-electron chi connectivity index (χ4n) is 4.94. The van der Waals surface area contributed by atoms with Crippen molar-refractivity contribution in [2.75, 3.05) is 0 Å². The van der Waals surface area contributed by atoms with Crippen molar-refractivity contribution in [3.63, 3.8) is 0 Å². The molecule has 28 heavy (non-hydrogen) atoms. The average Bonchev–Trinajstić information content (AvgIpc) is 2.72. The molecule has 0 bridgehead atoms. The molecule has 2 aliphatic carbocycles. The summed E-state index contributed by atoms with van der Waals surface area (Å²) in [6.45, 7) is 2.32. The summed E-state index contributed by atoms with van der Waals surface area (Å²) < 4.78 is 27.9. The molecule has 0 spiro atoms. The molecular weight excluding hydrogens is 350 g/mol. The Kier molecular flexibility index (Phi) is 5.94. The summed E-state index contributed by atoms with van der Waals surface area (Å²) in [7, 11) is 0. The van der Waals surface area contributed by atoms with Crippen molar-refractivity contribution >= 4 is 0 Å². The van der Waals surface area contributed by atoms with E-state index in [-0.39, 0.29) is 11.6 Å². The van der Waals surface area contributed by atoms with Gasteiger partial charge in [-0.15, -0.1) is 0 Å². The highest BCUT2D eigenvalue weighted by atomic mass is 19.1. The van der Waals surface area contributed by atoms with Gasteiger partial charge in [0.05, 0.1) is 0 Å². The second-order valence-electron chi connectivity index (χ2n) is 8.68. The largest absolute Gasteiger partial charge is 0.207 e. The number of rotatable bonds is 5. The molecule has 2 heteroatoms. The van der Waals surface area contributed by atoms with Crippen LogP contribution in [0.25, 0.3) is 11.1 Å². The lowest BCUT2D eigenvalue weighted by Crippen LogP contribution is -2.14. The predicted molar refractivity (Wildman–Crippen MR) is 112 cm³/mol. The lowest BCUT2D eigenvalue weighted by Gasteiger charge is -2.28. The highest BCUT2D eigenvalue weighted by molar-refractivity contribution is 5.66. The van der Waals surface area contributed by atoms with Crippen molar-refractivity contribution in [3.05, 3.63) is 70.8 Å². The molecule has 0 atom stereocenters. The molecule has 1 fully saturated rings. The minimum absolute atomic E-state index is 0.204. The number of allylic oxidation sites excluding steroid dienone is 2. The minimum atomic E-state index is -0.294. The first-order valence-corrected chi connectivity index (χ1v) is 10.9. The zero-order valence-electron chi connectivity index (χ0n) is 16.8. The molecule has 0 unspecified atom stereocenters. The lowest BCUT2D eigenvalue weighted by molar-refractivity contribution is 0.258. The number of benzene rings is 2. The zero-order chi connectivity index (χ0) is 19.5. The molecule has 0 aromatic heterocycles. The average molecular weight is 381 g/mol. The second kappa shape index (κ2) is 8.59. The van der Waals surface area contributed by atoms with E-state index >= 15 is 0 Å². The van der Waals surface area contributed by atoms with Crippen LogP contribution >= 0.6 is 0 Å². The van der Waals surface area contributed by atoms with Crippen molar-refractivity contribution in [1.29, 1.82) is 0 Å². The van der Waals surface area contributed by atoms with Gasteiger partial charge in [-0.3, -0.25) is 0 Å². The molecule has 0 amide bonds. The van der Waals surface area contributed by atoms with Crippen molar-refractivity contribution < 1.29 is 8.78 Å². The van der Waals surface area contributed by atoms with Gasteiger partial charge in [0.15, 0.2) is 0 Å². The molecule has 2 aromatic rings. The van der Waals surface area contributed by atoms with Gasteiger partial charge in [0.1, 0.15) is 11.6 Å². The summed E-state index contributed by atoms with van der Waals surface area (Å²) in [6, 6.07) is 9.74. The van der Waals surface area contributed by atoms with E-state index in [1.165, 1.54) is 61.8 Å². The summed E-state index contributed by atoms with van der Waals surface area (Å²) in [4.78, 5) is 0. The molecular formula is C26H30F2. The monoisotopic (exact) mass is 380 g/mol. The van der Waals surface area contributed by atoms with Gasteiger partial charge in [0.25, 0.3) is 0 Å². The lowest BCUT2D eigenvalue weighted by atomic mass is 9.78. The summed E-state index contributed by atoms with van der Waals surface area (Å²) in [6.07, 6.45) is 13.5. The van der Waals surface area contributed by atoms with Gasteiger partial charge in [-0.25, -0.2) is 8.78 Å². The van der Waals surface area contributed by atoms with Crippen molar-refractivity contribution in [2.45, 2.75) is 64.7 Å². The van der Waals surface area contributed by atoms with Crippen LogP contribution in [0.1, 0.15) is 63.0 Å². The molecule has 148 valence electrons. The van der Waals surface area contributed by atoms with E-state index in [1.54, 1.807) is 18.2 Å². The van der Waals surface area contributed by atoms with Gasteiger partial charge in [-0.05, 0) is 78.5 Å². The Bertz CT molecular complexity index is 839. The van der Waals surface area contributed by atoms with Crippen LogP contribution in [-0.2, 0) is 12.8 Å². The van der Waals surface area contributed by atoms with Crippen LogP contribution in [-0.4, -0.2) is 0 Å². The maximum atomic E-state index is 14.7. The van der Waals surface area contributed by atoms with E-state index in [2.05, 4.69) is 13.0 Å². The first-order chi connectivity index (χ1) is 13.6. The second-order valence-corrected chi connectivity index (χ2v) is 8.68. The van der Waals surface area contributed by atoms with Crippen LogP contribution in [0.4, 0.5) is 8.78 Å². The molecule has 0 aliphatic heterocycles. The molecule has 0 saturated heterocycles. The SMILES string of the molecule is CCC1CCC(CCC2=CCc3cc(-c4ccc(F)cc4)c(F)cc3C2)CC1. The Hall–Kier alpha value is -1.96. The highest BCUT2D eigenvalue weighted by Crippen LogP contribution is 2.35. The maximum absolute atomic E-state index is 14.7. The van der Waals surface area contributed by atoms with Gasteiger partial charge >= 0.3 is 0 Å². The van der Waals surface area contributed by atoms with Gasteiger partial charge in [0.2, 0.25) is 0 Å². The normalized spacial score (nSPS) is 21.9. The highest BCUT2D eigenvalue weighted by Gasteiger charge is 2.21. The topological polar surface area (TPSA) is 0 Å². The summed E-state index contributed by atoms with van der Waals surface area (Å²) in [5.41, 5.74) is 5.10. The summed E-state index contributed by atoms with van der Waals surface area (Å²) in [5.74, 6) is 1.33. The van der Waals surface area contributed by atoms with Crippen LogP contribution in [0.15, 0.2) is 48.0 Å². The first-order valence-electron chi connectivity index (χ1n) is 10.9. The molecule has 0 heterocycles. The quantitative estimate of drug-likeness (QED) is 0.467. The van der Waals surface area contributed by atoms with Crippen LogP contribution in [0.5, 0.6) is 0 Å². The van der Waals surface area contributed by atoms with Gasteiger partial charge in [-0.2, -0.15) is 0 Å². The van der Waals surface area contributed by atoms with Crippen LogP contribution in [0.3, 0.4) is 0 Å². The van der Waals surface area contributed by atoms with Crippen LogP contribution in [0, 0.1) is 23.5 Å². The fraction of sp³-hybridized carbons (Fsp3) is 0.462. The van der Waals surface area contributed by atoms with Crippen molar-refractivity contribution in [3.8, 4) is 11.1 Å². The Balaban J connectivity index is 1.40. The van der Waals surface area contributed by atoms with E-state index in [0.717, 1.165) is 42.2 Å². The molecule has 2 aliphatic rings. The van der Waals surface area contributed by atoms with Crippen molar-refractivity contribution in [2.24, 2.45) is 11.8 Å². The third-order valence-electron chi connectivity index (χ3n) is 6.89. The smallest absolute Gasteiger partial charge is 0.131 e. The molecule has 2 aromatic carbocycles. The first kappa shape index (κ1) is 19.4. The number of fused-ring (bicyclic) bond motifs is 1. The van der Waals surface area contributed by atoms with Gasteiger partial charge < -0.3 is 0 Å². The van der Waals surface area contributed by atoms with E-state index < -0.39 is 0 Å². The number of hydrogen-bond donors (Lipinski definition) is 0. The minimum Gasteiger partial charge on any atom is -0.207 e. The molecule has 1 saturated carbocycles. The van der Waals surface area contributed by atoms with Gasteiger partial charge in [0, 0.05) is 5.56 Å². The van der Waals surface area contributed by atoms with Crippen molar-refractivity contribution in [1.82, 2.24) is 0 Å². The van der Waals surface area contributed by atoms with E-state index in [0.29, 0.717) is 5.56 Å². The van der Waals surface area contributed by atoms with Crippen LogP contribution < -0.4 is 0 Å². The maximum Gasteiger partial charge on any atom is 0.131 e. The van der Waals surface area contributed by atoms with E-state index in [9.17, 15) is 8.78 Å². The third-order valence-corrected chi connectivity index (χ3v) is 6.89. The van der Waals surface area contributed by atoms with Gasteiger partial charge in [-0.1, -0.05) is 62.8 Å². The summed E-state index contributed by atoms with van der Waals surface area (Å²) in [5, 5.41) is 0. The number of halogens is 2. The Morgan fingerprint density at radius 3 is 2.32 bits per heavy atom. The Morgan fingerprint density at radius 2 is 1.61 bits per heavy atom. The van der Waals surface area contributed by atoms with E-state index in [4.69, 9.17) is 0 Å². The predicted octanol–water partition coefficient (Wildman–Crippen LogP) is 7.65. The molecule has 0 N–H and O–H groups in total. The summed E-state index contributed by atoms with van der Waals surface area (Å²) >= 11 is 0. The zero-order valence-corrected chi connectivity index (χ0v) is 16.8.